The quantitative estimate of drug-likeness (QED) is 0.452. The average Bonchev–Trinajstić information content (AvgIpc) is 3.15. The second-order valence-electron chi connectivity index (χ2n) is 7.51. The van der Waals surface area contributed by atoms with Crippen LogP contribution in [0.25, 0.3) is 10.2 Å². The molecule has 1 amide bonds. The zero-order valence-electron chi connectivity index (χ0n) is 16.6. The number of piperidine rings is 1. The van der Waals surface area contributed by atoms with Gasteiger partial charge in [0.25, 0.3) is 17.3 Å². The van der Waals surface area contributed by atoms with Gasteiger partial charge in [0.05, 0.1) is 20.1 Å². The molecule has 0 spiro atoms. The number of nitrogens with zero attached hydrogens (tertiary/aromatic N) is 4. The minimum Gasteiger partial charge on any atom is -0.366 e. The minimum atomic E-state index is -0.532. The number of nitro benzene ring substituents is 2. The van der Waals surface area contributed by atoms with E-state index < -0.39 is 15.8 Å². The summed E-state index contributed by atoms with van der Waals surface area (Å²) in [5.41, 5.74) is 1.01. The molecule has 2 heterocycles. The maximum absolute atomic E-state index is 12.7. The fourth-order valence-corrected chi connectivity index (χ4v) is 4.47. The van der Waals surface area contributed by atoms with E-state index >= 15 is 0 Å². The van der Waals surface area contributed by atoms with Crippen molar-refractivity contribution in [3.05, 3.63) is 62.2 Å². The summed E-state index contributed by atoms with van der Waals surface area (Å²) in [4.78, 5) is 40.5. The van der Waals surface area contributed by atoms with Gasteiger partial charge in [-0.05, 0) is 37.0 Å². The highest BCUT2D eigenvalue weighted by Crippen LogP contribution is 2.33. The molecule has 0 radical (unpaired) electrons. The van der Waals surface area contributed by atoms with E-state index in [1.54, 1.807) is 12.1 Å². The molecule has 2 aromatic carbocycles. The Labute approximate surface area is 180 Å². The molecule has 1 aliphatic rings. The second kappa shape index (κ2) is 8.26. The van der Waals surface area contributed by atoms with Crippen LogP contribution < -0.4 is 10.2 Å². The molecule has 10 nitrogen and oxygen atoms in total. The Morgan fingerprint density at radius 3 is 2.55 bits per heavy atom. The molecule has 0 atom stereocenters. The maximum Gasteiger partial charge on any atom is 0.293 e. The zero-order valence-corrected chi connectivity index (χ0v) is 17.4. The molecule has 1 saturated heterocycles. The molecule has 0 aliphatic carbocycles. The number of hydrogen-bond acceptors (Lipinski definition) is 8. The highest BCUT2D eigenvalue weighted by molar-refractivity contribution is 7.22. The molecule has 1 aromatic heterocycles. The summed E-state index contributed by atoms with van der Waals surface area (Å²) in [5.74, 6) is 0.0612. The number of rotatable bonds is 5. The summed E-state index contributed by atoms with van der Waals surface area (Å²) in [6.45, 7) is 3.65. The smallest absolute Gasteiger partial charge is 0.293 e. The molecule has 160 valence electrons. The van der Waals surface area contributed by atoms with E-state index in [1.165, 1.54) is 24.3 Å². The Morgan fingerprint density at radius 1 is 1.13 bits per heavy atom. The van der Waals surface area contributed by atoms with Gasteiger partial charge in [-0.2, -0.15) is 0 Å². The number of non-ortho nitro benzene ring substituents is 1. The van der Waals surface area contributed by atoms with Gasteiger partial charge in [0, 0.05) is 36.9 Å². The Bertz CT molecular complexity index is 1190. The van der Waals surface area contributed by atoms with Crippen molar-refractivity contribution in [2.45, 2.75) is 19.8 Å². The lowest BCUT2D eigenvalue weighted by molar-refractivity contribution is -0.384. The third-order valence-electron chi connectivity index (χ3n) is 5.36. The summed E-state index contributed by atoms with van der Waals surface area (Å²) >= 11 is 1.10. The fraction of sp³-hybridized carbons (Fsp3) is 0.300. The first-order valence-corrected chi connectivity index (χ1v) is 10.5. The number of anilines is 2. The van der Waals surface area contributed by atoms with Crippen LogP contribution in [0, 0.1) is 26.1 Å². The molecule has 0 bridgehead atoms. The van der Waals surface area contributed by atoms with Crippen molar-refractivity contribution in [1.29, 1.82) is 0 Å². The predicted molar refractivity (Wildman–Crippen MR) is 118 cm³/mol. The van der Waals surface area contributed by atoms with Gasteiger partial charge in [-0.3, -0.25) is 30.3 Å². The average molecular weight is 441 g/mol. The van der Waals surface area contributed by atoms with Gasteiger partial charge < -0.3 is 4.90 Å². The van der Waals surface area contributed by atoms with E-state index in [4.69, 9.17) is 0 Å². The lowest BCUT2D eigenvalue weighted by Gasteiger charge is -2.31. The number of thiazole rings is 1. The zero-order chi connectivity index (χ0) is 22.1. The van der Waals surface area contributed by atoms with E-state index in [9.17, 15) is 25.0 Å². The molecule has 31 heavy (non-hydrogen) atoms. The summed E-state index contributed by atoms with van der Waals surface area (Å²) in [7, 11) is 0. The SMILES string of the molecule is CC1CCN(c2ccc(C(=O)Nc3nc4ccc([N+](=O)[O-])cc4s3)cc2[N+](=O)[O-])CC1. The van der Waals surface area contributed by atoms with Crippen LogP contribution in [0.4, 0.5) is 22.2 Å². The number of carbonyl (C=O) groups is 1. The highest BCUT2D eigenvalue weighted by Gasteiger charge is 2.25. The number of amides is 1. The molecule has 3 aromatic rings. The van der Waals surface area contributed by atoms with Gasteiger partial charge in [0.15, 0.2) is 5.13 Å². The number of fused-ring (bicyclic) bond motifs is 1. The molecule has 11 heteroatoms. The molecule has 1 N–H and O–H groups in total. The third-order valence-corrected chi connectivity index (χ3v) is 6.30. The summed E-state index contributed by atoms with van der Waals surface area (Å²) < 4.78 is 0.560. The van der Waals surface area contributed by atoms with Crippen LogP contribution in [-0.4, -0.2) is 33.8 Å². The van der Waals surface area contributed by atoms with Crippen molar-refractivity contribution in [2.24, 2.45) is 5.92 Å². The monoisotopic (exact) mass is 441 g/mol. The van der Waals surface area contributed by atoms with E-state index in [0.29, 0.717) is 21.8 Å². The molecular weight excluding hydrogens is 422 g/mol. The Morgan fingerprint density at radius 2 is 1.87 bits per heavy atom. The van der Waals surface area contributed by atoms with Gasteiger partial charge in [0.1, 0.15) is 5.69 Å². The Kier molecular flexibility index (Phi) is 5.51. The lowest BCUT2D eigenvalue weighted by Crippen LogP contribution is -2.33. The number of nitro groups is 2. The number of aromatic nitrogens is 1. The normalized spacial score (nSPS) is 14.5. The van der Waals surface area contributed by atoms with Crippen molar-refractivity contribution in [1.82, 2.24) is 4.98 Å². The van der Waals surface area contributed by atoms with Crippen LogP contribution in [0.5, 0.6) is 0 Å². The van der Waals surface area contributed by atoms with Crippen molar-refractivity contribution in [2.75, 3.05) is 23.3 Å². The van der Waals surface area contributed by atoms with Crippen LogP contribution >= 0.6 is 11.3 Å². The molecule has 0 unspecified atom stereocenters. The van der Waals surface area contributed by atoms with Crippen LogP contribution in [0.15, 0.2) is 36.4 Å². The van der Waals surface area contributed by atoms with Crippen LogP contribution in [0.3, 0.4) is 0 Å². The minimum absolute atomic E-state index is 0.0626. The number of nitrogens with one attached hydrogen (secondary N) is 1. The first-order valence-electron chi connectivity index (χ1n) is 9.71. The van der Waals surface area contributed by atoms with Crippen LogP contribution in [0.1, 0.15) is 30.1 Å². The van der Waals surface area contributed by atoms with Gasteiger partial charge in [-0.25, -0.2) is 4.98 Å². The highest BCUT2D eigenvalue weighted by atomic mass is 32.1. The summed E-state index contributed by atoms with van der Waals surface area (Å²) in [6, 6.07) is 8.71. The lowest BCUT2D eigenvalue weighted by atomic mass is 9.98. The number of benzene rings is 2. The first kappa shape index (κ1) is 20.7. The fourth-order valence-electron chi connectivity index (χ4n) is 3.58. The maximum atomic E-state index is 12.7. The standard InChI is InChI=1S/C20H19N5O5S/c1-12-6-8-23(9-7-12)16-5-2-13(10-17(16)25(29)30)19(26)22-20-21-15-4-3-14(24(27)28)11-18(15)31-20/h2-5,10-12H,6-9H2,1H3,(H,21,22,26). The summed E-state index contributed by atoms with van der Waals surface area (Å²) in [6.07, 6.45) is 1.93. The van der Waals surface area contributed by atoms with Gasteiger partial charge in [0.2, 0.25) is 0 Å². The molecule has 1 aliphatic heterocycles. The van der Waals surface area contributed by atoms with E-state index in [-0.39, 0.29) is 22.1 Å². The molecule has 0 saturated carbocycles. The van der Waals surface area contributed by atoms with E-state index in [1.807, 2.05) is 4.90 Å². The van der Waals surface area contributed by atoms with Gasteiger partial charge in [-0.1, -0.05) is 18.3 Å². The summed E-state index contributed by atoms with van der Waals surface area (Å²) in [5, 5.41) is 25.5. The van der Waals surface area contributed by atoms with Gasteiger partial charge >= 0.3 is 0 Å². The van der Waals surface area contributed by atoms with E-state index in [0.717, 1.165) is 37.3 Å². The van der Waals surface area contributed by atoms with E-state index in [2.05, 4.69) is 17.2 Å². The topological polar surface area (TPSA) is 132 Å². The molecular formula is C20H19N5O5S. The molecule has 1 fully saturated rings. The second-order valence-corrected chi connectivity index (χ2v) is 8.54. The first-order chi connectivity index (χ1) is 14.8. The largest absolute Gasteiger partial charge is 0.366 e. The molecule has 4 rings (SSSR count). The predicted octanol–water partition coefficient (Wildman–Crippen LogP) is 4.60. The van der Waals surface area contributed by atoms with Crippen LogP contribution in [-0.2, 0) is 0 Å². The van der Waals surface area contributed by atoms with Gasteiger partial charge in [-0.15, -0.1) is 0 Å². The van der Waals surface area contributed by atoms with Crippen molar-refractivity contribution in [3.63, 3.8) is 0 Å². The van der Waals surface area contributed by atoms with Crippen molar-refractivity contribution < 1.29 is 14.6 Å². The van der Waals surface area contributed by atoms with Crippen LogP contribution in [0.2, 0.25) is 0 Å². The number of carbonyl (C=O) groups excluding carboxylic acids is 1. The van der Waals surface area contributed by atoms with Crippen molar-refractivity contribution >= 4 is 49.7 Å². The Hall–Kier alpha value is -3.60. The van der Waals surface area contributed by atoms with Crippen molar-refractivity contribution in [3.8, 4) is 0 Å². The Balaban J connectivity index is 1.57. The third kappa shape index (κ3) is 4.31. The number of hydrogen-bond donors (Lipinski definition) is 1.